The first kappa shape index (κ1) is 25.6. The van der Waals surface area contributed by atoms with Gasteiger partial charge in [0.1, 0.15) is 16.5 Å². The highest BCUT2D eigenvalue weighted by molar-refractivity contribution is 7.89. The molecule has 10 heteroatoms. The summed E-state index contributed by atoms with van der Waals surface area (Å²) in [6.07, 6.45) is 2.38. The van der Waals surface area contributed by atoms with Crippen LogP contribution in [0.3, 0.4) is 0 Å². The maximum Gasteiger partial charge on any atom is 0.338 e. The molecule has 1 heterocycles. The number of carbonyl (C=O) groups excluding carboxylic acids is 2. The van der Waals surface area contributed by atoms with Crippen LogP contribution in [0.15, 0.2) is 47.4 Å². The predicted octanol–water partition coefficient (Wildman–Crippen LogP) is 3.83. The molecular formula is C24H29FN2O6S. The Balaban J connectivity index is 1.57. The fourth-order valence-electron chi connectivity index (χ4n) is 3.68. The first-order valence-corrected chi connectivity index (χ1v) is 12.6. The molecule has 1 saturated heterocycles. The minimum absolute atomic E-state index is 0.0685. The van der Waals surface area contributed by atoms with E-state index in [1.54, 1.807) is 24.3 Å². The zero-order valence-corrected chi connectivity index (χ0v) is 20.1. The zero-order chi connectivity index (χ0) is 24.7. The van der Waals surface area contributed by atoms with Crippen molar-refractivity contribution in [2.24, 2.45) is 5.92 Å². The van der Waals surface area contributed by atoms with E-state index in [0.29, 0.717) is 30.7 Å². The fraction of sp³-hybridized carbons (Fsp3) is 0.417. The van der Waals surface area contributed by atoms with Crippen LogP contribution in [0.25, 0.3) is 0 Å². The van der Waals surface area contributed by atoms with Gasteiger partial charge in [-0.1, -0.05) is 13.3 Å². The zero-order valence-electron chi connectivity index (χ0n) is 19.3. The molecule has 8 nitrogen and oxygen atoms in total. The number of hydrogen-bond acceptors (Lipinski definition) is 6. The summed E-state index contributed by atoms with van der Waals surface area (Å²) in [5.41, 5.74) is 0.940. The van der Waals surface area contributed by atoms with Gasteiger partial charge in [-0.2, -0.15) is 4.31 Å². The molecule has 34 heavy (non-hydrogen) atoms. The van der Waals surface area contributed by atoms with E-state index >= 15 is 0 Å². The van der Waals surface area contributed by atoms with E-state index < -0.39 is 21.8 Å². The number of rotatable bonds is 9. The average Bonchev–Trinajstić information content (AvgIpc) is 2.84. The molecule has 1 aliphatic rings. The molecule has 2 aromatic carbocycles. The van der Waals surface area contributed by atoms with Crippen LogP contribution >= 0.6 is 0 Å². The number of halogens is 1. The highest BCUT2D eigenvalue weighted by atomic mass is 32.2. The Hall–Kier alpha value is -2.98. The first-order valence-electron chi connectivity index (χ1n) is 11.2. The second kappa shape index (κ2) is 11.4. The Morgan fingerprint density at radius 1 is 1.12 bits per heavy atom. The maximum atomic E-state index is 13.7. The minimum atomic E-state index is -3.96. The number of sulfonamides is 1. The lowest BCUT2D eigenvalue weighted by Gasteiger charge is -2.30. The quantitative estimate of drug-likeness (QED) is 0.422. The van der Waals surface area contributed by atoms with Gasteiger partial charge >= 0.3 is 5.97 Å². The molecule has 0 bridgehead atoms. The Kier molecular flexibility index (Phi) is 8.62. The molecular weight excluding hydrogens is 463 g/mol. The summed E-state index contributed by atoms with van der Waals surface area (Å²) in [5.74, 6) is -1.61. The van der Waals surface area contributed by atoms with Crippen molar-refractivity contribution in [3.63, 3.8) is 0 Å². The van der Waals surface area contributed by atoms with Gasteiger partial charge in [0, 0.05) is 24.7 Å². The largest absolute Gasteiger partial charge is 0.495 e. The van der Waals surface area contributed by atoms with Crippen molar-refractivity contribution in [3.05, 3.63) is 53.8 Å². The van der Waals surface area contributed by atoms with Crippen LogP contribution in [0, 0.1) is 11.7 Å². The Labute approximate surface area is 199 Å². The number of methoxy groups -OCH3 is 1. The van der Waals surface area contributed by atoms with E-state index in [2.05, 4.69) is 5.32 Å². The number of unbranched alkanes of at least 4 members (excludes halogenated alkanes) is 1. The lowest BCUT2D eigenvalue weighted by molar-refractivity contribution is -0.120. The monoisotopic (exact) mass is 492 g/mol. The van der Waals surface area contributed by atoms with Crippen molar-refractivity contribution < 1.29 is 31.9 Å². The number of hydrogen-bond donors (Lipinski definition) is 1. The van der Waals surface area contributed by atoms with Crippen molar-refractivity contribution in [1.29, 1.82) is 0 Å². The Bertz CT molecular complexity index is 1110. The molecule has 0 aromatic heterocycles. The van der Waals surface area contributed by atoms with Crippen molar-refractivity contribution in [2.45, 2.75) is 37.5 Å². The number of amides is 1. The van der Waals surface area contributed by atoms with Crippen molar-refractivity contribution in [2.75, 3.05) is 32.1 Å². The fourth-order valence-corrected chi connectivity index (χ4v) is 5.31. The summed E-state index contributed by atoms with van der Waals surface area (Å²) >= 11 is 0. The van der Waals surface area contributed by atoms with Crippen LogP contribution < -0.4 is 10.1 Å². The third-order valence-corrected chi connectivity index (χ3v) is 7.61. The molecule has 184 valence electrons. The molecule has 0 unspecified atom stereocenters. The number of anilines is 1. The number of piperidine rings is 1. The Morgan fingerprint density at radius 2 is 1.79 bits per heavy atom. The van der Waals surface area contributed by atoms with E-state index in [9.17, 15) is 22.4 Å². The van der Waals surface area contributed by atoms with Gasteiger partial charge in [-0.3, -0.25) is 4.79 Å². The molecule has 0 atom stereocenters. The van der Waals surface area contributed by atoms with E-state index in [-0.39, 0.29) is 35.6 Å². The summed E-state index contributed by atoms with van der Waals surface area (Å²) in [6.45, 7) is 2.63. The van der Waals surface area contributed by atoms with Crippen LogP contribution in [0.1, 0.15) is 43.0 Å². The van der Waals surface area contributed by atoms with E-state index in [0.717, 1.165) is 25.0 Å². The molecule has 1 fully saturated rings. The number of ether oxygens (including phenoxy) is 2. The number of nitrogens with zero attached hydrogens (tertiary/aromatic N) is 1. The number of benzene rings is 2. The molecule has 0 spiro atoms. The van der Waals surface area contributed by atoms with Gasteiger partial charge in [0.15, 0.2) is 0 Å². The molecule has 1 N–H and O–H groups in total. The molecule has 0 radical (unpaired) electrons. The molecule has 1 amide bonds. The molecule has 0 saturated carbocycles. The second-order valence-corrected chi connectivity index (χ2v) is 9.94. The highest BCUT2D eigenvalue weighted by Gasteiger charge is 2.34. The highest BCUT2D eigenvalue weighted by Crippen LogP contribution is 2.30. The lowest BCUT2D eigenvalue weighted by atomic mass is 9.97. The summed E-state index contributed by atoms with van der Waals surface area (Å²) in [7, 11) is -2.64. The minimum Gasteiger partial charge on any atom is -0.495 e. The van der Waals surface area contributed by atoms with Crippen LogP contribution in [0.5, 0.6) is 5.75 Å². The lowest BCUT2D eigenvalue weighted by Crippen LogP contribution is -2.41. The average molecular weight is 493 g/mol. The smallest absolute Gasteiger partial charge is 0.338 e. The van der Waals surface area contributed by atoms with E-state index in [4.69, 9.17) is 9.47 Å². The molecule has 2 aromatic rings. The van der Waals surface area contributed by atoms with E-state index in [1.165, 1.54) is 17.5 Å². The van der Waals surface area contributed by atoms with Gasteiger partial charge < -0.3 is 14.8 Å². The number of nitrogens with one attached hydrogen (secondary N) is 1. The van der Waals surface area contributed by atoms with Crippen LogP contribution in [0.4, 0.5) is 10.1 Å². The standard InChI is InChI=1S/C24H29FN2O6S/c1-3-4-15-33-24(29)18-5-8-20(9-6-18)26-23(28)17-11-13-27(14-12-17)34(30,31)22-16-19(25)7-10-21(22)32-2/h5-10,16-17H,3-4,11-15H2,1-2H3,(H,26,28). The number of esters is 1. The first-order chi connectivity index (χ1) is 16.3. The maximum absolute atomic E-state index is 13.7. The van der Waals surface area contributed by atoms with Gasteiger partial charge in [-0.05, 0) is 61.7 Å². The predicted molar refractivity (Wildman–Crippen MR) is 125 cm³/mol. The van der Waals surface area contributed by atoms with Crippen LogP contribution in [-0.2, 0) is 19.6 Å². The topological polar surface area (TPSA) is 102 Å². The van der Waals surface area contributed by atoms with Crippen LogP contribution in [-0.4, -0.2) is 51.4 Å². The third-order valence-electron chi connectivity index (χ3n) is 5.69. The Morgan fingerprint density at radius 3 is 2.41 bits per heavy atom. The van der Waals surface area contributed by atoms with Gasteiger partial charge in [-0.15, -0.1) is 0 Å². The molecule has 0 aliphatic carbocycles. The second-order valence-electron chi connectivity index (χ2n) is 8.03. The van der Waals surface area contributed by atoms with Crippen molar-refractivity contribution in [1.82, 2.24) is 4.31 Å². The molecule has 3 rings (SSSR count). The number of carbonyl (C=O) groups is 2. The molecule has 1 aliphatic heterocycles. The summed E-state index contributed by atoms with van der Waals surface area (Å²) < 4.78 is 51.2. The summed E-state index contributed by atoms with van der Waals surface area (Å²) in [4.78, 5) is 24.4. The van der Waals surface area contributed by atoms with Crippen molar-refractivity contribution in [3.8, 4) is 5.75 Å². The van der Waals surface area contributed by atoms with Gasteiger partial charge in [0.25, 0.3) is 0 Å². The van der Waals surface area contributed by atoms with Gasteiger partial charge in [-0.25, -0.2) is 17.6 Å². The van der Waals surface area contributed by atoms with Gasteiger partial charge in [0.2, 0.25) is 15.9 Å². The van der Waals surface area contributed by atoms with Gasteiger partial charge in [0.05, 0.1) is 19.3 Å². The van der Waals surface area contributed by atoms with Crippen LogP contribution in [0.2, 0.25) is 0 Å². The van der Waals surface area contributed by atoms with Crippen molar-refractivity contribution >= 4 is 27.6 Å². The SMILES string of the molecule is CCCCOC(=O)c1ccc(NC(=O)C2CCN(S(=O)(=O)c3cc(F)ccc3OC)CC2)cc1. The normalized spacial score (nSPS) is 15.0. The van der Waals surface area contributed by atoms with E-state index in [1.807, 2.05) is 6.92 Å². The summed E-state index contributed by atoms with van der Waals surface area (Å²) in [5, 5.41) is 2.81. The summed E-state index contributed by atoms with van der Waals surface area (Å²) in [6, 6.07) is 9.79. The third kappa shape index (κ3) is 6.12.